The maximum Gasteiger partial charge on any atom is 0.104 e. The van der Waals surface area contributed by atoms with Crippen LogP contribution in [-0.4, -0.2) is 59.5 Å². The van der Waals surface area contributed by atoms with Gasteiger partial charge in [0.1, 0.15) is 5.60 Å². The summed E-state index contributed by atoms with van der Waals surface area (Å²) in [5.74, 6) is 1.51. The van der Waals surface area contributed by atoms with Crippen LogP contribution in [0, 0.1) is 11.8 Å². The van der Waals surface area contributed by atoms with E-state index in [0.29, 0.717) is 5.92 Å². The van der Waals surface area contributed by atoms with E-state index in [2.05, 4.69) is 14.5 Å². The number of rotatable bonds is 4. The minimum atomic E-state index is -0.0728. The second-order valence-corrected chi connectivity index (χ2v) is 7.05. The molecule has 3 heterocycles. The Bertz CT molecular complexity index is 460. The number of hydrogen-bond donors (Lipinski definition) is 0. The van der Waals surface area contributed by atoms with E-state index in [-0.39, 0.29) is 5.60 Å². The lowest BCUT2D eigenvalue weighted by Crippen LogP contribution is -2.44. The highest BCUT2D eigenvalue weighted by molar-refractivity contribution is 4.95. The van der Waals surface area contributed by atoms with Gasteiger partial charge in [0.2, 0.25) is 0 Å². The number of aromatic nitrogens is 2. The lowest BCUT2D eigenvalue weighted by atomic mass is 9.94. The van der Waals surface area contributed by atoms with Crippen LogP contribution in [0.2, 0.25) is 0 Å². The summed E-state index contributed by atoms with van der Waals surface area (Å²) < 4.78 is 14.3. The van der Waals surface area contributed by atoms with E-state index in [0.717, 1.165) is 51.8 Å². The Morgan fingerprint density at radius 2 is 2.19 bits per heavy atom. The van der Waals surface area contributed by atoms with Crippen LogP contribution in [0.3, 0.4) is 0 Å². The molecule has 5 heteroatoms. The van der Waals surface area contributed by atoms with Crippen molar-refractivity contribution in [3.8, 4) is 0 Å². The Balaban J connectivity index is 1.38. The SMILES string of the molecule is c1cn(C[C@@H]2CO[C@]3(COCCN(CC4CC4)C3)C2)cn1. The molecule has 1 spiro atoms. The molecule has 0 aromatic carbocycles. The Kier molecular flexibility index (Phi) is 3.73. The molecule has 0 radical (unpaired) electrons. The molecule has 0 amide bonds. The van der Waals surface area contributed by atoms with Gasteiger partial charge in [-0.1, -0.05) is 0 Å². The molecule has 2 atom stereocenters. The molecule has 116 valence electrons. The first kappa shape index (κ1) is 13.7. The van der Waals surface area contributed by atoms with Crippen molar-refractivity contribution < 1.29 is 9.47 Å². The summed E-state index contributed by atoms with van der Waals surface area (Å²) in [6.07, 6.45) is 9.70. The fourth-order valence-electron chi connectivity index (χ4n) is 3.76. The second kappa shape index (κ2) is 5.71. The Morgan fingerprint density at radius 1 is 1.24 bits per heavy atom. The van der Waals surface area contributed by atoms with Gasteiger partial charge < -0.3 is 14.0 Å². The topological polar surface area (TPSA) is 39.5 Å². The molecular formula is C16H25N3O2. The van der Waals surface area contributed by atoms with Gasteiger partial charge in [-0.3, -0.25) is 4.90 Å². The van der Waals surface area contributed by atoms with E-state index in [1.165, 1.54) is 19.4 Å². The fraction of sp³-hybridized carbons (Fsp3) is 0.812. The average Bonchev–Trinajstić information content (AvgIpc) is 3.04. The van der Waals surface area contributed by atoms with Crippen LogP contribution in [0.25, 0.3) is 0 Å². The van der Waals surface area contributed by atoms with Gasteiger partial charge in [0.15, 0.2) is 0 Å². The number of imidazole rings is 1. The Labute approximate surface area is 126 Å². The van der Waals surface area contributed by atoms with E-state index in [1.54, 1.807) is 0 Å². The maximum atomic E-state index is 6.25. The van der Waals surface area contributed by atoms with Gasteiger partial charge in [0.25, 0.3) is 0 Å². The van der Waals surface area contributed by atoms with Crippen LogP contribution in [0.4, 0.5) is 0 Å². The molecule has 3 fully saturated rings. The standard InChI is InChI=1S/C16H25N3O2/c1-2-14(1)8-18-5-6-20-12-16(11-18)7-15(10-21-16)9-19-4-3-17-13-19/h3-4,13-15H,1-2,5-12H2/t15-,16-/m1/s1. The van der Waals surface area contributed by atoms with Crippen molar-refractivity contribution in [2.45, 2.75) is 31.4 Å². The molecule has 0 N–H and O–H groups in total. The Hall–Kier alpha value is -0.910. The smallest absolute Gasteiger partial charge is 0.104 e. The van der Waals surface area contributed by atoms with E-state index in [4.69, 9.17) is 9.47 Å². The van der Waals surface area contributed by atoms with Gasteiger partial charge in [0.05, 0.1) is 26.1 Å². The van der Waals surface area contributed by atoms with Gasteiger partial charge in [-0.2, -0.15) is 0 Å². The number of hydrogen-bond acceptors (Lipinski definition) is 4. The first-order valence-electron chi connectivity index (χ1n) is 8.21. The zero-order valence-corrected chi connectivity index (χ0v) is 12.6. The van der Waals surface area contributed by atoms with Crippen molar-refractivity contribution in [2.24, 2.45) is 11.8 Å². The maximum absolute atomic E-state index is 6.25. The van der Waals surface area contributed by atoms with E-state index >= 15 is 0 Å². The van der Waals surface area contributed by atoms with Crippen molar-refractivity contribution in [2.75, 3.05) is 39.5 Å². The number of ether oxygens (including phenoxy) is 2. The Morgan fingerprint density at radius 3 is 3.00 bits per heavy atom. The summed E-state index contributed by atoms with van der Waals surface area (Å²) in [5, 5.41) is 0. The molecule has 0 bridgehead atoms. The van der Waals surface area contributed by atoms with Crippen molar-refractivity contribution in [3.05, 3.63) is 18.7 Å². The van der Waals surface area contributed by atoms with E-state index < -0.39 is 0 Å². The van der Waals surface area contributed by atoms with Gasteiger partial charge in [-0.25, -0.2) is 4.98 Å². The molecule has 4 rings (SSSR count). The molecule has 0 unspecified atom stereocenters. The highest BCUT2D eigenvalue weighted by Gasteiger charge is 2.43. The lowest BCUT2D eigenvalue weighted by molar-refractivity contribution is -0.0559. The zero-order chi connectivity index (χ0) is 14.1. The summed E-state index contributed by atoms with van der Waals surface area (Å²) in [4.78, 5) is 6.70. The van der Waals surface area contributed by atoms with Crippen LogP contribution in [0.5, 0.6) is 0 Å². The van der Waals surface area contributed by atoms with Crippen LogP contribution in [-0.2, 0) is 16.0 Å². The minimum absolute atomic E-state index is 0.0728. The number of nitrogens with zero attached hydrogens (tertiary/aromatic N) is 3. The predicted molar refractivity (Wildman–Crippen MR) is 79.0 cm³/mol. The fourth-order valence-corrected chi connectivity index (χ4v) is 3.76. The first-order chi connectivity index (χ1) is 10.3. The predicted octanol–water partition coefficient (Wildman–Crippen LogP) is 1.40. The van der Waals surface area contributed by atoms with Gasteiger partial charge in [-0.05, 0) is 25.2 Å². The molecule has 3 aliphatic rings. The highest BCUT2D eigenvalue weighted by Crippen LogP contribution is 2.35. The third-order valence-electron chi connectivity index (χ3n) is 4.96. The largest absolute Gasteiger partial charge is 0.377 e. The monoisotopic (exact) mass is 291 g/mol. The molecule has 2 aliphatic heterocycles. The van der Waals surface area contributed by atoms with Crippen LogP contribution in [0.1, 0.15) is 19.3 Å². The summed E-state index contributed by atoms with van der Waals surface area (Å²) in [6.45, 7) is 6.81. The van der Waals surface area contributed by atoms with Crippen LogP contribution >= 0.6 is 0 Å². The highest BCUT2D eigenvalue weighted by atomic mass is 16.5. The van der Waals surface area contributed by atoms with Crippen molar-refractivity contribution in [1.82, 2.24) is 14.5 Å². The van der Waals surface area contributed by atoms with Crippen molar-refractivity contribution in [1.29, 1.82) is 0 Å². The van der Waals surface area contributed by atoms with Gasteiger partial charge >= 0.3 is 0 Å². The summed E-state index contributed by atoms with van der Waals surface area (Å²) in [5.41, 5.74) is -0.0728. The van der Waals surface area contributed by atoms with Crippen LogP contribution < -0.4 is 0 Å². The van der Waals surface area contributed by atoms with Crippen molar-refractivity contribution in [3.63, 3.8) is 0 Å². The molecule has 21 heavy (non-hydrogen) atoms. The molecule has 1 aliphatic carbocycles. The van der Waals surface area contributed by atoms with Gasteiger partial charge in [-0.15, -0.1) is 0 Å². The molecule has 1 aromatic rings. The third kappa shape index (κ3) is 3.30. The van der Waals surface area contributed by atoms with Gasteiger partial charge in [0, 0.05) is 44.5 Å². The molecule has 1 saturated carbocycles. The quantitative estimate of drug-likeness (QED) is 0.841. The zero-order valence-electron chi connectivity index (χ0n) is 12.6. The van der Waals surface area contributed by atoms with Crippen molar-refractivity contribution >= 4 is 0 Å². The molecule has 5 nitrogen and oxygen atoms in total. The van der Waals surface area contributed by atoms with E-state index in [1.807, 2.05) is 18.7 Å². The molecule has 1 aromatic heterocycles. The summed E-state index contributed by atoms with van der Waals surface area (Å²) >= 11 is 0. The normalized spacial score (nSPS) is 34.4. The second-order valence-electron chi connectivity index (χ2n) is 7.05. The third-order valence-corrected chi connectivity index (χ3v) is 4.96. The van der Waals surface area contributed by atoms with E-state index in [9.17, 15) is 0 Å². The summed E-state index contributed by atoms with van der Waals surface area (Å²) in [6, 6.07) is 0. The first-order valence-corrected chi connectivity index (χ1v) is 8.21. The minimum Gasteiger partial charge on any atom is -0.377 e. The molecular weight excluding hydrogens is 266 g/mol. The lowest BCUT2D eigenvalue weighted by Gasteiger charge is -2.31. The molecule has 2 saturated heterocycles. The van der Waals surface area contributed by atoms with Crippen LogP contribution in [0.15, 0.2) is 18.7 Å². The average molecular weight is 291 g/mol. The summed E-state index contributed by atoms with van der Waals surface area (Å²) in [7, 11) is 0.